The Morgan fingerprint density at radius 1 is 1.20 bits per heavy atom. The highest BCUT2D eigenvalue weighted by Gasteiger charge is 2.10. The predicted octanol–water partition coefficient (Wildman–Crippen LogP) is 0.614. The largest absolute Gasteiger partial charge is 0.354 e. The van der Waals surface area contributed by atoms with Gasteiger partial charge in [-0.2, -0.15) is 4.52 Å². The van der Waals surface area contributed by atoms with Crippen LogP contribution in [0.1, 0.15) is 11.1 Å². The number of tetrazole rings is 1. The molecule has 3 rings (SSSR count). The van der Waals surface area contributed by atoms with E-state index in [1.807, 2.05) is 30.1 Å². The van der Waals surface area contributed by atoms with Crippen LogP contribution in [-0.4, -0.2) is 32.1 Å². The van der Waals surface area contributed by atoms with Gasteiger partial charge in [-0.15, -0.1) is 5.10 Å². The Hall–Kier alpha value is -2.54. The van der Waals surface area contributed by atoms with Crippen LogP contribution in [-0.2, 0) is 13.1 Å². The molecule has 0 aliphatic rings. The van der Waals surface area contributed by atoms with Crippen LogP contribution in [0, 0.1) is 0 Å². The van der Waals surface area contributed by atoms with Crippen molar-refractivity contribution < 1.29 is 0 Å². The Labute approximate surface area is 116 Å². The number of benzene rings is 1. The Morgan fingerprint density at radius 2 is 2.00 bits per heavy atom. The van der Waals surface area contributed by atoms with Gasteiger partial charge in [0.05, 0.1) is 12.4 Å². The molecule has 0 saturated carbocycles. The summed E-state index contributed by atoms with van der Waals surface area (Å²) in [4.78, 5) is 6.21. The second-order valence-electron chi connectivity index (χ2n) is 4.54. The summed E-state index contributed by atoms with van der Waals surface area (Å²) in [6, 6.07) is 8.12. The quantitative estimate of drug-likeness (QED) is 0.747. The summed E-state index contributed by atoms with van der Waals surface area (Å²) in [5, 5.41) is 11.5. The molecule has 0 aliphatic carbocycles. The van der Waals surface area contributed by atoms with Crippen molar-refractivity contribution in [2.75, 3.05) is 11.9 Å². The average Bonchev–Trinajstić information content (AvgIpc) is 2.96. The highest BCUT2D eigenvalue weighted by molar-refractivity contribution is 5.46. The van der Waals surface area contributed by atoms with Gasteiger partial charge in [-0.3, -0.25) is 4.98 Å². The normalized spacial score (nSPS) is 10.9. The van der Waals surface area contributed by atoms with Gasteiger partial charge in [0.25, 0.3) is 0 Å². The summed E-state index contributed by atoms with van der Waals surface area (Å²) in [6.45, 7) is 1.24. The number of nitrogens with two attached hydrogens (primary N) is 1. The van der Waals surface area contributed by atoms with Crippen LogP contribution >= 0.6 is 0 Å². The molecule has 7 nitrogen and oxygen atoms in total. The first-order valence-corrected chi connectivity index (χ1v) is 6.29. The lowest BCUT2D eigenvalue weighted by molar-refractivity contribution is 0.779. The molecule has 7 heteroatoms. The zero-order valence-corrected chi connectivity index (χ0v) is 11.1. The van der Waals surface area contributed by atoms with Crippen molar-refractivity contribution in [1.82, 2.24) is 25.0 Å². The van der Waals surface area contributed by atoms with Gasteiger partial charge in [-0.25, -0.2) is 0 Å². The number of aromatic nitrogens is 5. The van der Waals surface area contributed by atoms with E-state index in [1.165, 1.54) is 5.56 Å². The van der Waals surface area contributed by atoms with Gasteiger partial charge in [0.1, 0.15) is 0 Å². The second-order valence-corrected chi connectivity index (χ2v) is 4.54. The van der Waals surface area contributed by atoms with E-state index in [4.69, 9.17) is 5.73 Å². The highest BCUT2D eigenvalue weighted by atomic mass is 15.5. The summed E-state index contributed by atoms with van der Waals surface area (Å²) in [5.41, 5.74) is 8.72. The lowest BCUT2D eigenvalue weighted by atomic mass is 10.1. The molecule has 0 radical (unpaired) electrons. The van der Waals surface area contributed by atoms with Crippen LogP contribution in [0.5, 0.6) is 0 Å². The molecule has 0 spiro atoms. The predicted molar refractivity (Wildman–Crippen MR) is 75.0 cm³/mol. The van der Waals surface area contributed by atoms with Crippen LogP contribution < -0.4 is 10.6 Å². The van der Waals surface area contributed by atoms with Crippen molar-refractivity contribution in [3.8, 4) is 0 Å². The van der Waals surface area contributed by atoms with Crippen molar-refractivity contribution in [2.24, 2.45) is 5.73 Å². The van der Waals surface area contributed by atoms with Crippen LogP contribution in [0.3, 0.4) is 0 Å². The monoisotopic (exact) mass is 269 g/mol. The molecule has 0 atom stereocenters. The van der Waals surface area contributed by atoms with Gasteiger partial charge < -0.3 is 10.6 Å². The SMILES string of the molecule is CN(Cc1ccccc1CN)c1cncc2nnnn12. The van der Waals surface area contributed by atoms with E-state index >= 15 is 0 Å². The topological polar surface area (TPSA) is 85.2 Å². The molecule has 2 heterocycles. The van der Waals surface area contributed by atoms with E-state index in [0.29, 0.717) is 18.7 Å². The number of rotatable bonds is 4. The maximum Gasteiger partial charge on any atom is 0.199 e. The summed E-state index contributed by atoms with van der Waals surface area (Å²) in [6.07, 6.45) is 3.37. The zero-order chi connectivity index (χ0) is 13.9. The molecule has 0 aliphatic heterocycles. The van der Waals surface area contributed by atoms with Crippen molar-refractivity contribution in [3.05, 3.63) is 47.8 Å². The van der Waals surface area contributed by atoms with E-state index in [2.05, 4.69) is 26.6 Å². The van der Waals surface area contributed by atoms with Gasteiger partial charge in [-0.1, -0.05) is 24.3 Å². The Morgan fingerprint density at radius 3 is 2.80 bits per heavy atom. The highest BCUT2D eigenvalue weighted by Crippen LogP contribution is 2.16. The number of nitrogens with zero attached hydrogens (tertiary/aromatic N) is 6. The van der Waals surface area contributed by atoms with Gasteiger partial charge in [0.15, 0.2) is 11.5 Å². The third-order valence-electron chi connectivity index (χ3n) is 3.23. The van der Waals surface area contributed by atoms with Crippen molar-refractivity contribution in [3.63, 3.8) is 0 Å². The molecule has 3 aromatic rings. The minimum absolute atomic E-state index is 0.525. The molecular formula is C13H15N7. The van der Waals surface area contributed by atoms with Crippen molar-refractivity contribution >= 4 is 11.5 Å². The summed E-state index contributed by atoms with van der Waals surface area (Å²) >= 11 is 0. The fraction of sp³-hybridized carbons (Fsp3) is 0.231. The molecule has 0 amide bonds. The lowest BCUT2D eigenvalue weighted by Crippen LogP contribution is -2.21. The number of anilines is 1. The third-order valence-corrected chi connectivity index (χ3v) is 3.23. The van der Waals surface area contributed by atoms with E-state index in [0.717, 1.165) is 11.4 Å². The molecule has 20 heavy (non-hydrogen) atoms. The number of hydrogen-bond acceptors (Lipinski definition) is 6. The molecule has 0 saturated heterocycles. The van der Waals surface area contributed by atoms with E-state index in [1.54, 1.807) is 16.9 Å². The van der Waals surface area contributed by atoms with Gasteiger partial charge in [0, 0.05) is 20.1 Å². The summed E-state index contributed by atoms with van der Waals surface area (Å²) < 4.78 is 1.66. The number of hydrogen-bond donors (Lipinski definition) is 1. The fourth-order valence-electron chi connectivity index (χ4n) is 2.17. The zero-order valence-electron chi connectivity index (χ0n) is 11.1. The molecule has 2 N–H and O–H groups in total. The maximum atomic E-state index is 5.77. The summed E-state index contributed by atoms with van der Waals surface area (Å²) in [5.74, 6) is 0.833. The fourth-order valence-corrected chi connectivity index (χ4v) is 2.17. The molecule has 102 valence electrons. The average molecular weight is 269 g/mol. The van der Waals surface area contributed by atoms with Crippen LogP contribution in [0.4, 0.5) is 5.82 Å². The van der Waals surface area contributed by atoms with Crippen LogP contribution in [0.25, 0.3) is 5.65 Å². The molecule has 0 fully saturated rings. The molecular weight excluding hydrogens is 254 g/mol. The molecule has 0 unspecified atom stereocenters. The Bertz CT molecular complexity index is 721. The van der Waals surface area contributed by atoms with Crippen LogP contribution in [0.15, 0.2) is 36.7 Å². The first-order valence-electron chi connectivity index (χ1n) is 6.29. The smallest absolute Gasteiger partial charge is 0.199 e. The Balaban J connectivity index is 1.93. The van der Waals surface area contributed by atoms with E-state index in [9.17, 15) is 0 Å². The maximum absolute atomic E-state index is 5.77. The van der Waals surface area contributed by atoms with Crippen molar-refractivity contribution in [2.45, 2.75) is 13.1 Å². The second kappa shape index (κ2) is 5.22. The third kappa shape index (κ3) is 2.19. The van der Waals surface area contributed by atoms with Crippen molar-refractivity contribution in [1.29, 1.82) is 0 Å². The van der Waals surface area contributed by atoms with Crippen LogP contribution in [0.2, 0.25) is 0 Å². The van der Waals surface area contributed by atoms with Gasteiger partial charge >= 0.3 is 0 Å². The Kier molecular flexibility index (Phi) is 3.26. The molecule has 1 aromatic carbocycles. The van der Waals surface area contributed by atoms with Gasteiger partial charge in [0.2, 0.25) is 0 Å². The lowest BCUT2D eigenvalue weighted by Gasteiger charge is -2.20. The first-order chi connectivity index (χ1) is 9.79. The van der Waals surface area contributed by atoms with Gasteiger partial charge in [-0.05, 0) is 21.6 Å². The number of fused-ring (bicyclic) bond motifs is 1. The molecule has 0 bridgehead atoms. The minimum atomic E-state index is 0.525. The van der Waals surface area contributed by atoms with E-state index < -0.39 is 0 Å². The molecule has 2 aromatic heterocycles. The van der Waals surface area contributed by atoms with E-state index in [-0.39, 0.29) is 0 Å². The first kappa shape index (κ1) is 12.5. The standard InChI is InChI=1S/C13H15N7/c1-19(9-11-5-3-2-4-10(11)6-14)13-8-15-7-12-16-17-18-20(12)13/h2-5,7-8H,6,9,14H2,1H3. The summed E-state index contributed by atoms with van der Waals surface area (Å²) in [7, 11) is 1.98. The minimum Gasteiger partial charge on any atom is -0.354 e.